The van der Waals surface area contributed by atoms with E-state index in [0.717, 1.165) is 11.1 Å². The molecule has 14 heavy (non-hydrogen) atoms. The predicted molar refractivity (Wildman–Crippen MR) is 57.5 cm³/mol. The predicted octanol–water partition coefficient (Wildman–Crippen LogP) is 0.963. The molecule has 0 aromatic heterocycles. The van der Waals surface area contributed by atoms with Gasteiger partial charge in [-0.15, -0.1) is 0 Å². The number of hydrogen-bond donors (Lipinski definition) is 3. The van der Waals surface area contributed by atoms with Gasteiger partial charge in [-0.3, -0.25) is 5.32 Å². The fraction of sp³-hybridized carbons (Fsp3) is 0.455. The highest BCUT2D eigenvalue weighted by Crippen LogP contribution is 2.06. The van der Waals surface area contributed by atoms with Crippen molar-refractivity contribution in [2.75, 3.05) is 0 Å². The van der Waals surface area contributed by atoms with Crippen LogP contribution in [0.15, 0.2) is 24.3 Å². The number of benzene rings is 1. The molecule has 0 bridgehead atoms. The van der Waals surface area contributed by atoms with E-state index in [1.165, 1.54) is 0 Å². The molecule has 3 heteroatoms. The van der Waals surface area contributed by atoms with Crippen molar-refractivity contribution in [3.05, 3.63) is 35.4 Å². The molecule has 0 amide bonds. The van der Waals surface area contributed by atoms with E-state index in [1.54, 1.807) is 13.8 Å². The van der Waals surface area contributed by atoms with Crippen LogP contribution >= 0.6 is 0 Å². The molecule has 1 aromatic rings. The molecule has 0 heterocycles. The van der Waals surface area contributed by atoms with Crippen LogP contribution in [0, 0.1) is 0 Å². The summed E-state index contributed by atoms with van der Waals surface area (Å²) in [6, 6.07) is 8.02. The first kappa shape index (κ1) is 11.2. The molecule has 0 unspecified atom stereocenters. The lowest BCUT2D eigenvalue weighted by Crippen LogP contribution is -2.38. The van der Waals surface area contributed by atoms with Crippen molar-refractivity contribution in [1.29, 1.82) is 0 Å². The second-order valence-corrected chi connectivity index (χ2v) is 3.94. The van der Waals surface area contributed by atoms with Crippen LogP contribution in [0.4, 0.5) is 0 Å². The maximum atomic E-state index is 9.47. The summed E-state index contributed by atoms with van der Waals surface area (Å²) in [5.74, 6) is 0. The van der Waals surface area contributed by atoms with Gasteiger partial charge < -0.3 is 10.8 Å². The molecule has 0 aliphatic rings. The molecule has 0 atom stereocenters. The number of nitrogens with one attached hydrogen (secondary N) is 1. The lowest BCUT2D eigenvalue weighted by molar-refractivity contribution is 0.0416. The molecular weight excluding hydrogens is 176 g/mol. The molecular formula is C11H18N2O. The van der Waals surface area contributed by atoms with Crippen LogP contribution in [0.3, 0.4) is 0 Å². The van der Waals surface area contributed by atoms with Crippen LogP contribution in [-0.4, -0.2) is 10.8 Å². The topological polar surface area (TPSA) is 58.3 Å². The maximum absolute atomic E-state index is 9.47. The Bertz CT molecular complexity index is 292. The largest absolute Gasteiger partial charge is 0.376 e. The average Bonchev–Trinajstić information content (AvgIpc) is 2.14. The van der Waals surface area contributed by atoms with Gasteiger partial charge in [-0.05, 0) is 25.0 Å². The highest BCUT2D eigenvalue weighted by molar-refractivity contribution is 5.23. The first-order valence-corrected chi connectivity index (χ1v) is 4.76. The van der Waals surface area contributed by atoms with Crippen molar-refractivity contribution >= 4 is 0 Å². The van der Waals surface area contributed by atoms with Crippen LogP contribution < -0.4 is 11.1 Å². The van der Waals surface area contributed by atoms with Gasteiger partial charge in [0.05, 0.1) is 0 Å². The normalized spacial score (nSPS) is 11.7. The molecule has 1 rings (SSSR count). The first-order valence-electron chi connectivity index (χ1n) is 4.76. The number of hydrogen-bond acceptors (Lipinski definition) is 3. The van der Waals surface area contributed by atoms with E-state index >= 15 is 0 Å². The van der Waals surface area contributed by atoms with Gasteiger partial charge in [-0.2, -0.15) is 0 Å². The summed E-state index contributed by atoms with van der Waals surface area (Å²) in [6.45, 7) is 4.65. The summed E-state index contributed by atoms with van der Waals surface area (Å²) < 4.78 is 0. The molecule has 0 saturated heterocycles. The van der Waals surface area contributed by atoms with E-state index in [-0.39, 0.29) is 0 Å². The van der Waals surface area contributed by atoms with E-state index in [2.05, 4.69) is 5.32 Å². The molecule has 1 aromatic carbocycles. The second kappa shape index (κ2) is 4.55. The van der Waals surface area contributed by atoms with Gasteiger partial charge in [-0.25, -0.2) is 0 Å². The fourth-order valence-electron chi connectivity index (χ4n) is 1.18. The van der Waals surface area contributed by atoms with Crippen molar-refractivity contribution in [2.24, 2.45) is 5.73 Å². The van der Waals surface area contributed by atoms with Gasteiger partial charge in [-0.1, -0.05) is 24.3 Å². The van der Waals surface area contributed by atoms with Crippen molar-refractivity contribution in [3.8, 4) is 0 Å². The van der Waals surface area contributed by atoms with Crippen LogP contribution in [-0.2, 0) is 13.1 Å². The third-order valence-corrected chi connectivity index (χ3v) is 1.95. The minimum Gasteiger partial charge on any atom is -0.376 e. The van der Waals surface area contributed by atoms with Crippen molar-refractivity contribution < 1.29 is 5.11 Å². The third-order valence-electron chi connectivity index (χ3n) is 1.95. The van der Waals surface area contributed by atoms with Gasteiger partial charge in [0.15, 0.2) is 0 Å². The van der Waals surface area contributed by atoms with Crippen LogP contribution in [0.25, 0.3) is 0 Å². The second-order valence-electron chi connectivity index (χ2n) is 3.94. The minimum atomic E-state index is -0.835. The Morgan fingerprint density at radius 2 is 2.00 bits per heavy atom. The summed E-state index contributed by atoms with van der Waals surface area (Å²) in [5.41, 5.74) is 6.94. The maximum Gasteiger partial charge on any atom is 0.110 e. The highest BCUT2D eigenvalue weighted by atomic mass is 16.3. The monoisotopic (exact) mass is 194 g/mol. The van der Waals surface area contributed by atoms with E-state index in [9.17, 15) is 5.11 Å². The zero-order chi connectivity index (χ0) is 10.6. The minimum absolute atomic E-state index is 0.552. The van der Waals surface area contributed by atoms with Crippen molar-refractivity contribution in [2.45, 2.75) is 32.7 Å². The molecule has 78 valence electrons. The first-order chi connectivity index (χ1) is 6.51. The van der Waals surface area contributed by atoms with Crippen molar-refractivity contribution in [3.63, 3.8) is 0 Å². The lowest BCUT2D eigenvalue weighted by Gasteiger charge is -2.19. The number of aliphatic hydroxyl groups is 1. The Balaban J connectivity index is 2.59. The zero-order valence-corrected chi connectivity index (χ0v) is 8.75. The summed E-state index contributed by atoms with van der Waals surface area (Å²) in [5, 5.41) is 12.5. The standard InChI is InChI=1S/C11H18N2O/c1-11(2,14)13-8-10-5-3-4-9(6-10)7-12/h3-6,13-14H,7-8,12H2,1-2H3. The number of rotatable bonds is 4. The highest BCUT2D eigenvalue weighted by Gasteiger charge is 2.10. The van der Waals surface area contributed by atoms with E-state index in [4.69, 9.17) is 5.73 Å². The molecule has 0 aliphatic carbocycles. The van der Waals surface area contributed by atoms with E-state index in [0.29, 0.717) is 13.1 Å². The summed E-state index contributed by atoms with van der Waals surface area (Å²) in [6.07, 6.45) is 0. The van der Waals surface area contributed by atoms with Gasteiger partial charge in [0.1, 0.15) is 5.72 Å². The molecule has 0 radical (unpaired) electrons. The number of nitrogens with two attached hydrogens (primary N) is 1. The summed E-state index contributed by atoms with van der Waals surface area (Å²) in [4.78, 5) is 0. The SMILES string of the molecule is CC(C)(O)NCc1cccc(CN)c1. The Hall–Kier alpha value is -0.900. The molecule has 0 fully saturated rings. The van der Waals surface area contributed by atoms with Crippen LogP contribution in [0.5, 0.6) is 0 Å². The Morgan fingerprint density at radius 1 is 1.36 bits per heavy atom. The Morgan fingerprint density at radius 3 is 2.57 bits per heavy atom. The quantitative estimate of drug-likeness (QED) is 0.626. The third kappa shape index (κ3) is 3.87. The zero-order valence-electron chi connectivity index (χ0n) is 8.75. The van der Waals surface area contributed by atoms with Gasteiger partial charge in [0.25, 0.3) is 0 Å². The fourth-order valence-corrected chi connectivity index (χ4v) is 1.18. The smallest absolute Gasteiger partial charge is 0.110 e. The Kier molecular flexibility index (Phi) is 3.63. The lowest BCUT2D eigenvalue weighted by atomic mass is 10.1. The molecule has 0 saturated carbocycles. The molecule has 3 nitrogen and oxygen atoms in total. The summed E-state index contributed by atoms with van der Waals surface area (Å²) in [7, 11) is 0. The van der Waals surface area contributed by atoms with Crippen LogP contribution in [0.1, 0.15) is 25.0 Å². The summed E-state index contributed by atoms with van der Waals surface area (Å²) >= 11 is 0. The van der Waals surface area contributed by atoms with Crippen molar-refractivity contribution in [1.82, 2.24) is 5.32 Å². The van der Waals surface area contributed by atoms with Gasteiger partial charge in [0.2, 0.25) is 0 Å². The Labute approximate surface area is 84.9 Å². The molecule has 4 N–H and O–H groups in total. The molecule has 0 spiro atoms. The average molecular weight is 194 g/mol. The molecule has 0 aliphatic heterocycles. The van der Waals surface area contributed by atoms with E-state index < -0.39 is 5.72 Å². The van der Waals surface area contributed by atoms with Crippen LogP contribution in [0.2, 0.25) is 0 Å². The van der Waals surface area contributed by atoms with E-state index in [1.807, 2.05) is 24.3 Å². The van der Waals surface area contributed by atoms with Gasteiger partial charge >= 0.3 is 0 Å². The van der Waals surface area contributed by atoms with Gasteiger partial charge in [0, 0.05) is 13.1 Å².